The zero-order chi connectivity index (χ0) is 16.9. The number of rotatable bonds is 4. The third kappa shape index (κ3) is 3.41. The second-order valence-corrected chi connectivity index (χ2v) is 4.97. The topological polar surface area (TPSA) is 47.9 Å². The number of hydrogen-bond acceptors (Lipinski definition) is 4. The lowest BCUT2D eigenvalue weighted by Crippen LogP contribution is -2.05. The van der Waals surface area contributed by atoms with E-state index >= 15 is 0 Å². The number of halogens is 1. The minimum atomic E-state index is -0.543. The zero-order valence-electron chi connectivity index (χ0n) is 12.9. The van der Waals surface area contributed by atoms with Crippen LogP contribution in [-0.4, -0.2) is 19.0 Å². The first-order chi connectivity index (χ1) is 11.7. The van der Waals surface area contributed by atoms with Crippen LogP contribution in [0, 0.1) is 5.82 Å². The van der Waals surface area contributed by atoms with Crippen molar-refractivity contribution in [2.45, 2.75) is 0 Å². The van der Waals surface area contributed by atoms with E-state index in [0.717, 1.165) is 11.3 Å². The van der Waals surface area contributed by atoms with Crippen molar-refractivity contribution in [3.05, 3.63) is 83.3 Å². The molecule has 0 fully saturated rings. The normalized spacial score (nSPS) is 15.7. The predicted molar refractivity (Wildman–Crippen MR) is 89.1 cm³/mol. The van der Waals surface area contributed by atoms with Crippen molar-refractivity contribution in [1.29, 1.82) is 0 Å². The number of nitrogens with zero attached hydrogens (tertiary/aromatic N) is 1. The lowest BCUT2D eigenvalue weighted by molar-refractivity contribution is -0.130. The SMILES string of the molecule is COc1ccccc1/C=C/C=C1\N=C(c2ccc(F)cc2)OC1=O. The van der Waals surface area contributed by atoms with Gasteiger partial charge in [-0.1, -0.05) is 30.4 Å². The van der Waals surface area contributed by atoms with Gasteiger partial charge in [-0.2, -0.15) is 0 Å². The molecule has 0 radical (unpaired) electrons. The summed E-state index contributed by atoms with van der Waals surface area (Å²) in [6.07, 6.45) is 5.07. The summed E-state index contributed by atoms with van der Waals surface area (Å²) in [5, 5.41) is 0. The molecule has 0 aromatic heterocycles. The maximum atomic E-state index is 12.9. The van der Waals surface area contributed by atoms with E-state index in [4.69, 9.17) is 9.47 Å². The Morgan fingerprint density at radius 3 is 2.62 bits per heavy atom. The summed E-state index contributed by atoms with van der Waals surface area (Å²) >= 11 is 0. The number of hydrogen-bond donors (Lipinski definition) is 0. The number of allylic oxidation sites excluding steroid dienone is 2. The molecule has 5 heteroatoms. The Labute approximate surface area is 138 Å². The van der Waals surface area contributed by atoms with Crippen LogP contribution in [0.2, 0.25) is 0 Å². The van der Waals surface area contributed by atoms with Crippen molar-refractivity contribution in [2.75, 3.05) is 7.11 Å². The molecule has 0 spiro atoms. The molecule has 0 saturated heterocycles. The van der Waals surface area contributed by atoms with Gasteiger partial charge in [-0.3, -0.25) is 0 Å². The van der Waals surface area contributed by atoms with Gasteiger partial charge in [0.15, 0.2) is 5.70 Å². The summed E-state index contributed by atoms with van der Waals surface area (Å²) < 4.78 is 23.3. The van der Waals surface area contributed by atoms with Crippen molar-refractivity contribution >= 4 is 17.9 Å². The van der Waals surface area contributed by atoms with Crippen LogP contribution in [0.4, 0.5) is 4.39 Å². The third-order valence-electron chi connectivity index (χ3n) is 3.38. The summed E-state index contributed by atoms with van der Waals surface area (Å²) in [4.78, 5) is 16.0. The van der Waals surface area contributed by atoms with Gasteiger partial charge in [0.2, 0.25) is 5.90 Å². The summed E-state index contributed by atoms with van der Waals surface area (Å²) in [6, 6.07) is 13.1. The van der Waals surface area contributed by atoms with Crippen LogP contribution in [0.25, 0.3) is 6.08 Å². The fraction of sp³-hybridized carbons (Fsp3) is 0.0526. The Balaban J connectivity index is 1.81. The fourth-order valence-electron chi connectivity index (χ4n) is 2.19. The Kier molecular flexibility index (Phi) is 4.52. The standard InChI is InChI=1S/C19H14FNO3/c1-23-17-8-3-2-5-13(17)6-4-7-16-19(22)24-18(21-16)14-9-11-15(20)12-10-14/h2-12H,1H3/b6-4+,16-7-. The van der Waals surface area contributed by atoms with Crippen LogP contribution in [-0.2, 0) is 9.53 Å². The van der Waals surface area contributed by atoms with Crippen molar-refractivity contribution < 1.29 is 18.7 Å². The van der Waals surface area contributed by atoms with E-state index in [9.17, 15) is 9.18 Å². The molecule has 3 rings (SSSR count). The van der Waals surface area contributed by atoms with Crippen LogP contribution < -0.4 is 4.74 Å². The number of para-hydroxylation sites is 1. The van der Waals surface area contributed by atoms with E-state index in [-0.39, 0.29) is 17.4 Å². The minimum Gasteiger partial charge on any atom is -0.496 e. The highest BCUT2D eigenvalue weighted by molar-refractivity contribution is 6.11. The molecular weight excluding hydrogens is 309 g/mol. The Bertz CT molecular complexity index is 851. The highest BCUT2D eigenvalue weighted by Gasteiger charge is 2.23. The largest absolute Gasteiger partial charge is 0.496 e. The second-order valence-electron chi connectivity index (χ2n) is 4.97. The molecule has 0 unspecified atom stereocenters. The number of benzene rings is 2. The fourth-order valence-corrected chi connectivity index (χ4v) is 2.19. The number of carbonyl (C=O) groups excluding carboxylic acids is 1. The lowest BCUT2D eigenvalue weighted by Gasteiger charge is -2.02. The van der Waals surface area contributed by atoms with Crippen molar-refractivity contribution in [3.63, 3.8) is 0 Å². The molecule has 0 amide bonds. The van der Waals surface area contributed by atoms with Crippen LogP contribution in [0.15, 0.2) is 71.4 Å². The van der Waals surface area contributed by atoms with Gasteiger partial charge >= 0.3 is 5.97 Å². The van der Waals surface area contributed by atoms with E-state index < -0.39 is 5.97 Å². The van der Waals surface area contributed by atoms with Gasteiger partial charge in [0, 0.05) is 11.1 Å². The molecule has 0 bridgehead atoms. The molecule has 2 aromatic rings. The van der Waals surface area contributed by atoms with E-state index in [1.54, 1.807) is 19.3 Å². The molecule has 0 saturated carbocycles. The number of carbonyl (C=O) groups is 1. The quantitative estimate of drug-likeness (QED) is 0.636. The first-order valence-electron chi connectivity index (χ1n) is 7.25. The smallest absolute Gasteiger partial charge is 0.363 e. The maximum Gasteiger partial charge on any atom is 0.363 e. The van der Waals surface area contributed by atoms with Crippen LogP contribution >= 0.6 is 0 Å². The highest BCUT2D eigenvalue weighted by atomic mass is 19.1. The molecule has 0 aliphatic carbocycles. The number of esters is 1. The molecule has 120 valence electrons. The average Bonchev–Trinajstić information content (AvgIpc) is 2.97. The van der Waals surface area contributed by atoms with E-state index in [2.05, 4.69) is 4.99 Å². The first-order valence-corrected chi connectivity index (χ1v) is 7.25. The van der Waals surface area contributed by atoms with E-state index in [0.29, 0.717) is 5.56 Å². The monoisotopic (exact) mass is 323 g/mol. The molecule has 4 nitrogen and oxygen atoms in total. The molecule has 0 N–H and O–H groups in total. The number of methoxy groups -OCH3 is 1. The van der Waals surface area contributed by atoms with Crippen molar-refractivity contribution in [3.8, 4) is 5.75 Å². The average molecular weight is 323 g/mol. The second kappa shape index (κ2) is 6.91. The number of ether oxygens (including phenoxy) is 2. The molecular formula is C19H14FNO3. The summed E-state index contributed by atoms with van der Waals surface area (Å²) in [5.74, 6) is -0.00762. The molecule has 1 aliphatic heterocycles. The zero-order valence-corrected chi connectivity index (χ0v) is 12.9. The molecule has 2 aromatic carbocycles. The van der Waals surface area contributed by atoms with E-state index in [1.165, 1.54) is 24.3 Å². The van der Waals surface area contributed by atoms with Crippen molar-refractivity contribution in [1.82, 2.24) is 0 Å². The van der Waals surface area contributed by atoms with Gasteiger partial charge in [-0.25, -0.2) is 14.2 Å². The summed E-state index contributed by atoms with van der Waals surface area (Å²) in [5.41, 5.74) is 1.60. The maximum absolute atomic E-state index is 12.9. The van der Waals surface area contributed by atoms with E-state index in [1.807, 2.05) is 30.3 Å². The number of cyclic esters (lactones) is 1. The highest BCUT2D eigenvalue weighted by Crippen LogP contribution is 2.20. The van der Waals surface area contributed by atoms with Crippen LogP contribution in [0.3, 0.4) is 0 Å². The molecule has 0 atom stereocenters. The van der Waals surface area contributed by atoms with Gasteiger partial charge in [0.1, 0.15) is 11.6 Å². The summed E-state index contributed by atoms with van der Waals surface area (Å²) in [6.45, 7) is 0. The van der Waals surface area contributed by atoms with Crippen LogP contribution in [0.5, 0.6) is 5.75 Å². The predicted octanol–water partition coefficient (Wildman–Crippen LogP) is 3.74. The molecule has 1 heterocycles. The molecule has 1 aliphatic rings. The van der Waals surface area contributed by atoms with Gasteiger partial charge in [-0.15, -0.1) is 0 Å². The number of aliphatic imine (C=N–C) groups is 1. The minimum absolute atomic E-state index is 0.164. The van der Waals surface area contributed by atoms with Crippen molar-refractivity contribution in [2.24, 2.45) is 4.99 Å². The van der Waals surface area contributed by atoms with Gasteiger partial charge < -0.3 is 9.47 Å². The summed E-state index contributed by atoms with van der Waals surface area (Å²) in [7, 11) is 1.60. The Hall–Kier alpha value is -3.21. The molecule has 24 heavy (non-hydrogen) atoms. The third-order valence-corrected chi connectivity index (χ3v) is 3.38. The lowest BCUT2D eigenvalue weighted by atomic mass is 10.2. The van der Waals surface area contributed by atoms with Gasteiger partial charge in [-0.05, 0) is 36.4 Å². The Morgan fingerprint density at radius 1 is 1.12 bits per heavy atom. The van der Waals surface area contributed by atoms with Crippen LogP contribution in [0.1, 0.15) is 11.1 Å². The van der Waals surface area contributed by atoms with Gasteiger partial charge in [0.25, 0.3) is 0 Å². The first kappa shape index (κ1) is 15.7. The van der Waals surface area contributed by atoms with Gasteiger partial charge in [0.05, 0.1) is 7.11 Å². The Morgan fingerprint density at radius 2 is 1.88 bits per heavy atom.